The number of esters is 1. The van der Waals surface area contributed by atoms with Crippen LogP contribution in [0.4, 0.5) is 0 Å². The molecule has 0 saturated carbocycles. The first-order chi connectivity index (χ1) is 9.89. The van der Waals surface area contributed by atoms with Crippen molar-refractivity contribution in [1.82, 2.24) is 0 Å². The minimum absolute atomic E-state index is 0.125. The monoisotopic (exact) mass is 308 g/mol. The summed E-state index contributed by atoms with van der Waals surface area (Å²) in [5.41, 5.74) is -1.96. The van der Waals surface area contributed by atoms with Crippen LogP contribution in [0.25, 0.3) is 0 Å². The Morgan fingerprint density at radius 3 is 1.86 bits per heavy atom. The fourth-order valence-electron chi connectivity index (χ4n) is 2.01. The number of rotatable bonds is 4. The number of carbonyl (C=O) groups is 3. The van der Waals surface area contributed by atoms with Crippen LogP contribution in [0.3, 0.4) is 0 Å². The van der Waals surface area contributed by atoms with Crippen molar-refractivity contribution in [3.63, 3.8) is 0 Å². The zero-order valence-electron chi connectivity index (χ0n) is 13.3. The highest BCUT2D eigenvalue weighted by Crippen LogP contribution is 2.29. The highest BCUT2D eigenvalue weighted by molar-refractivity contribution is 6.04. The van der Waals surface area contributed by atoms with Gasteiger partial charge in [-0.3, -0.25) is 9.59 Å². The Balaban J connectivity index is 3.28. The van der Waals surface area contributed by atoms with Crippen molar-refractivity contribution in [2.24, 2.45) is 0 Å². The zero-order valence-corrected chi connectivity index (χ0v) is 13.3. The van der Waals surface area contributed by atoms with E-state index >= 15 is 0 Å². The molecule has 0 aliphatic carbocycles. The largest absolute Gasteiger partial charge is 0.480 e. The van der Waals surface area contributed by atoms with Crippen molar-refractivity contribution in [3.8, 4) is 0 Å². The number of hydrogen-bond donors (Lipinski definition) is 2. The summed E-state index contributed by atoms with van der Waals surface area (Å²) >= 11 is 0. The first kappa shape index (κ1) is 17.7. The predicted molar refractivity (Wildman–Crippen MR) is 79.0 cm³/mol. The van der Waals surface area contributed by atoms with Crippen molar-refractivity contribution in [1.29, 1.82) is 0 Å². The van der Waals surface area contributed by atoms with Gasteiger partial charge in [-0.25, -0.2) is 4.79 Å². The Hall–Kier alpha value is -2.37. The van der Waals surface area contributed by atoms with Crippen LogP contribution in [0, 0.1) is 6.92 Å². The van der Waals surface area contributed by atoms with Gasteiger partial charge in [-0.15, -0.1) is 0 Å². The van der Waals surface area contributed by atoms with E-state index in [1.165, 1.54) is 18.2 Å². The highest BCUT2D eigenvalue weighted by Gasteiger charge is 2.44. The molecule has 0 bridgehead atoms. The third-order valence-electron chi connectivity index (χ3n) is 3.26. The molecule has 1 aromatic rings. The van der Waals surface area contributed by atoms with Crippen LogP contribution < -0.4 is 0 Å². The summed E-state index contributed by atoms with van der Waals surface area (Å²) in [4.78, 5) is 34.7. The van der Waals surface area contributed by atoms with E-state index in [1.807, 2.05) is 0 Å². The summed E-state index contributed by atoms with van der Waals surface area (Å²) in [6.07, 6.45) is 0. The number of carboxylic acid groups (broad SMARTS) is 2. The van der Waals surface area contributed by atoms with E-state index in [-0.39, 0.29) is 11.1 Å². The molecule has 0 spiro atoms. The summed E-state index contributed by atoms with van der Waals surface area (Å²) in [5, 5.41) is 18.5. The molecular weight excluding hydrogens is 288 g/mol. The lowest BCUT2D eigenvalue weighted by Crippen LogP contribution is -2.41. The molecule has 0 saturated heterocycles. The lowest BCUT2D eigenvalue weighted by atomic mass is 9.80. The minimum Gasteiger partial charge on any atom is -0.480 e. The second kappa shape index (κ2) is 5.79. The van der Waals surface area contributed by atoms with Gasteiger partial charge in [0.2, 0.25) is 0 Å². The second-order valence-corrected chi connectivity index (χ2v) is 6.27. The molecular formula is C16H20O6. The number of carboxylic acids is 2. The van der Waals surface area contributed by atoms with Crippen LogP contribution in [0.15, 0.2) is 18.2 Å². The van der Waals surface area contributed by atoms with Gasteiger partial charge in [0.05, 0.1) is 5.56 Å². The number of aryl methyl sites for hydroxylation is 1. The molecule has 0 unspecified atom stereocenters. The highest BCUT2D eigenvalue weighted by atomic mass is 16.6. The van der Waals surface area contributed by atoms with Crippen molar-refractivity contribution in [3.05, 3.63) is 34.9 Å². The lowest BCUT2D eigenvalue weighted by Gasteiger charge is -2.23. The summed E-state index contributed by atoms with van der Waals surface area (Å²) < 4.78 is 5.23. The molecule has 1 rings (SSSR count). The Morgan fingerprint density at radius 1 is 1.00 bits per heavy atom. The van der Waals surface area contributed by atoms with Crippen LogP contribution in [0.5, 0.6) is 0 Å². The Labute approximate surface area is 128 Å². The van der Waals surface area contributed by atoms with Crippen LogP contribution >= 0.6 is 0 Å². The van der Waals surface area contributed by atoms with Crippen LogP contribution in [-0.2, 0) is 19.7 Å². The molecule has 0 aliphatic heterocycles. The molecule has 0 aromatic heterocycles. The Morgan fingerprint density at radius 2 is 1.50 bits per heavy atom. The Kier molecular flexibility index (Phi) is 4.65. The van der Waals surface area contributed by atoms with Crippen LogP contribution in [-0.4, -0.2) is 33.7 Å². The summed E-state index contributed by atoms with van der Waals surface area (Å²) in [6.45, 7) is 7.88. The van der Waals surface area contributed by atoms with E-state index in [2.05, 4.69) is 0 Å². The summed E-state index contributed by atoms with van der Waals surface area (Å²) in [5.74, 6) is -3.48. The van der Waals surface area contributed by atoms with Gasteiger partial charge >= 0.3 is 17.9 Å². The molecule has 0 heterocycles. The molecule has 0 aliphatic rings. The van der Waals surface area contributed by atoms with E-state index in [0.29, 0.717) is 5.56 Å². The van der Waals surface area contributed by atoms with Crippen molar-refractivity contribution in [2.75, 3.05) is 0 Å². The fourth-order valence-corrected chi connectivity index (χ4v) is 2.01. The van der Waals surface area contributed by atoms with Gasteiger partial charge in [-0.1, -0.05) is 6.07 Å². The van der Waals surface area contributed by atoms with Gasteiger partial charge in [0.25, 0.3) is 0 Å². The number of carbonyl (C=O) groups excluding carboxylic acids is 1. The normalized spacial score (nSPS) is 11.9. The first-order valence-corrected chi connectivity index (χ1v) is 6.71. The van der Waals surface area contributed by atoms with Crippen LogP contribution in [0.2, 0.25) is 0 Å². The molecule has 22 heavy (non-hydrogen) atoms. The van der Waals surface area contributed by atoms with E-state index in [9.17, 15) is 24.6 Å². The molecule has 0 amide bonds. The maximum Gasteiger partial charge on any atom is 0.338 e. The number of aliphatic carboxylic acids is 2. The van der Waals surface area contributed by atoms with Gasteiger partial charge in [0.15, 0.2) is 5.41 Å². The second-order valence-electron chi connectivity index (χ2n) is 6.27. The van der Waals surface area contributed by atoms with Gasteiger partial charge in [-0.2, -0.15) is 0 Å². The third kappa shape index (κ3) is 3.44. The van der Waals surface area contributed by atoms with Crippen LogP contribution in [0.1, 0.15) is 49.2 Å². The SMILES string of the molecule is Cc1cc(C(=O)OC(C)(C)C)ccc1C(C)(C(=O)O)C(=O)O. The zero-order chi connectivity index (χ0) is 17.3. The van der Waals surface area contributed by atoms with Gasteiger partial charge in [-0.05, 0) is 57.9 Å². The van der Waals surface area contributed by atoms with E-state index in [0.717, 1.165) is 6.92 Å². The first-order valence-electron chi connectivity index (χ1n) is 6.71. The number of hydrogen-bond acceptors (Lipinski definition) is 4. The molecule has 0 fully saturated rings. The lowest BCUT2D eigenvalue weighted by molar-refractivity contribution is -0.156. The average molecular weight is 308 g/mol. The molecule has 0 atom stereocenters. The number of ether oxygens (including phenoxy) is 1. The third-order valence-corrected chi connectivity index (χ3v) is 3.26. The average Bonchev–Trinajstić information content (AvgIpc) is 2.35. The molecule has 2 N–H and O–H groups in total. The predicted octanol–water partition coefficient (Wildman–Crippen LogP) is 2.38. The molecule has 1 aromatic carbocycles. The van der Waals surface area contributed by atoms with Crippen molar-refractivity contribution >= 4 is 17.9 Å². The van der Waals surface area contributed by atoms with Gasteiger partial charge in [0.1, 0.15) is 5.60 Å². The summed E-state index contributed by atoms with van der Waals surface area (Å²) in [6, 6.07) is 4.16. The Bertz CT molecular complexity index is 610. The molecule has 120 valence electrons. The fraction of sp³-hybridized carbons (Fsp3) is 0.438. The van der Waals surface area contributed by atoms with Crippen molar-refractivity contribution in [2.45, 2.75) is 45.6 Å². The smallest absolute Gasteiger partial charge is 0.338 e. The topological polar surface area (TPSA) is 101 Å². The molecule has 6 heteroatoms. The van der Waals surface area contributed by atoms with Gasteiger partial charge in [0, 0.05) is 0 Å². The van der Waals surface area contributed by atoms with Gasteiger partial charge < -0.3 is 14.9 Å². The quantitative estimate of drug-likeness (QED) is 0.654. The standard InChI is InChI=1S/C16H20O6/c1-9-8-10(12(17)22-15(2,3)4)6-7-11(9)16(5,13(18)19)14(20)21/h6-8H,1-5H3,(H,18,19)(H,20,21). The van der Waals surface area contributed by atoms with E-state index < -0.39 is 28.9 Å². The molecule has 6 nitrogen and oxygen atoms in total. The van der Waals surface area contributed by atoms with E-state index in [4.69, 9.17) is 4.74 Å². The van der Waals surface area contributed by atoms with Crippen molar-refractivity contribution < 1.29 is 29.3 Å². The maximum absolute atomic E-state index is 12.0. The number of benzene rings is 1. The minimum atomic E-state index is -2.07. The van der Waals surface area contributed by atoms with E-state index in [1.54, 1.807) is 27.7 Å². The summed E-state index contributed by atoms with van der Waals surface area (Å²) in [7, 11) is 0. The molecule has 0 radical (unpaired) electrons. The maximum atomic E-state index is 12.0.